The maximum absolute atomic E-state index is 6.19. The summed E-state index contributed by atoms with van der Waals surface area (Å²) in [6, 6.07) is 6.63. The predicted octanol–water partition coefficient (Wildman–Crippen LogP) is 3.78. The van der Waals surface area contributed by atoms with E-state index in [1.807, 2.05) is 18.2 Å². The number of nitrogens with zero attached hydrogens (tertiary/aromatic N) is 1. The summed E-state index contributed by atoms with van der Waals surface area (Å²) in [5, 5.41) is 2.33. The van der Waals surface area contributed by atoms with Crippen LogP contribution in [-0.4, -0.2) is 37.4 Å². The molecule has 0 spiro atoms. The van der Waals surface area contributed by atoms with Crippen LogP contribution in [0.4, 0.5) is 0 Å². The zero-order valence-corrected chi connectivity index (χ0v) is 15.6. The van der Waals surface area contributed by atoms with Crippen molar-refractivity contribution < 1.29 is 9.47 Å². The van der Waals surface area contributed by atoms with Gasteiger partial charge in [-0.05, 0) is 38.0 Å². The van der Waals surface area contributed by atoms with Crippen molar-refractivity contribution in [3.63, 3.8) is 0 Å². The minimum absolute atomic E-state index is 0.371. The molecule has 1 saturated heterocycles. The Morgan fingerprint density at radius 3 is 3.04 bits per heavy atom. The molecule has 2 aliphatic heterocycles. The number of nitrogens with one attached hydrogen (secondary N) is 1. The highest BCUT2D eigenvalue weighted by Crippen LogP contribution is 2.33. The smallest absolute Gasteiger partial charge is 0.126 e. The Bertz CT molecular complexity index is 641. The fraction of sp³-hybridized carbons (Fsp3) is 0.524. The third-order valence-corrected chi connectivity index (χ3v) is 5.40. The van der Waals surface area contributed by atoms with E-state index in [4.69, 9.17) is 9.47 Å². The van der Waals surface area contributed by atoms with Crippen molar-refractivity contribution >= 4 is 6.08 Å². The van der Waals surface area contributed by atoms with Gasteiger partial charge in [0.25, 0.3) is 0 Å². The number of ether oxygens (including phenoxy) is 2. The molecular formula is C21H30N2O2. The summed E-state index contributed by atoms with van der Waals surface area (Å²) in [6.45, 7) is 13.6. The van der Waals surface area contributed by atoms with E-state index in [-0.39, 0.29) is 0 Å². The molecule has 2 aliphatic rings. The largest absolute Gasteiger partial charge is 0.493 e. The molecule has 2 heterocycles. The fourth-order valence-corrected chi connectivity index (χ4v) is 3.69. The molecule has 0 aliphatic carbocycles. The Morgan fingerprint density at radius 2 is 2.28 bits per heavy atom. The van der Waals surface area contributed by atoms with Crippen LogP contribution in [0.15, 0.2) is 36.6 Å². The molecular weight excluding hydrogens is 312 g/mol. The number of hydrogen-bond donors (Lipinski definition) is 1. The molecule has 3 atom stereocenters. The van der Waals surface area contributed by atoms with Gasteiger partial charge in [-0.2, -0.15) is 0 Å². The minimum Gasteiger partial charge on any atom is -0.493 e. The van der Waals surface area contributed by atoms with Crippen LogP contribution < -0.4 is 10.2 Å². The Morgan fingerprint density at radius 1 is 1.44 bits per heavy atom. The minimum atomic E-state index is 0.371. The van der Waals surface area contributed by atoms with Gasteiger partial charge < -0.3 is 14.5 Å². The molecule has 25 heavy (non-hydrogen) atoms. The molecule has 1 N–H and O–H groups in total. The van der Waals surface area contributed by atoms with Crippen molar-refractivity contribution in [3.05, 3.63) is 47.7 Å². The molecule has 3 unspecified atom stereocenters. The molecule has 1 aromatic rings. The lowest BCUT2D eigenvalue weighted by Gasteiger charge is -2.33. The van der Waals surface area contributed by atoms with Crippen LogP contribution in [-0.2, 0) is 4.74 Å². The Hall–Kier alpha value is -1.78. The molecule has 1 aromatic carbocycles. The maximum Gasteiger partial charge on any atom is 0.126 e. The zero-order chi connectivity index (χ0) is 17.8. The van der Waals surface area contributed by atoms with Gasteiger partial charge in [0, 0.05) is 35.7 Å². The monoisotopic (exact) mass is 342 g/mol. The Kier molecular flexibility index (Phi) is 5.82. The van der Waals surface area contributed by atoms with Crippen LogP contribution in [0, 0.1) is 18.8 Å². The van der Waals surface area contributed by atoms with E-state index in [0.717, 1.165) is 37.5 Å². The molecule has 0 saturated carbocycles. The van der Waals surface area contributed by atoms with Gasteiger partial charge in [0.2, 0.25) is 0 Å². The van der Waals surface area contributed by atoms with Crippen LogP contribution in [0.1, 0.15) is 31.4 Å². The van der Waals surface area contributed by atoms with Gasteiger partial charge >= 0.3 is 0 Å². The highest BCUT2D eigenvalue weighted by molar-refractivity contribution is 5.59. The summed E-state index contributed by atoms with van der Waals surface area (Å²) in [4.78, 5) is 0. The van der Waals surface area contributed by atoms with Gasteiger partial charge in [-0.25, -0.2) is 5.43 Å². The topological polar surface area (TPSA) is 33.7 Å². The normalized spacial score (nSPS) is 24.3. The molecule has 4 heteroatoms. The van der Waals surface area contributed by atoms with E-state index in [1.54, 1.807) is 0 Å². The van der Waals surface area contributed by atoms with Gasteiger partial charge in [-0.15, -0.1) is 0 Å². The van der Waals surface area contributed by atoms with Crippen molar-refractivity contribution in [2.24, 2.45) is 11.8 Å². The van der Waals surface area contributed by atoms with E-state index in [1.165, 1.54) is 11.3 Å². The second-order valence-corrected chi connectivity index (χ2v) is 7.02. The molecule has 0 amide bonds. The standard InChI is InChI=1S/C21H30N2O2/c1-5-16(4)23-20(10-11-22-23)19-14-24-12-17(19)13-25-21-9-7-8-15(3)18(21)6-2/h6-10,16-17,19,22H,2,5,11-14H2,1,3-4H3. The molecule has 4 nitrogen and oxygen atoms in total. The van der Waals surface area contributed by atoms with Crippen LogP contribution in [0.5, 0.6) is 5.75 Å². The summed E-state index contributed by atoms with van der Waals surface area (Å²) in [6.07, 6.45) is 5.30. The van der Waals surface area contributed by atoms with Gasteiger partial charge in [0.15, 0.2) is 0 Å². The van der Waals surface area contributed by atoms with Crippen LogP contribution in [0.2, 0.25) is 0 Å². The number of rotatable bonds is 7. The highest BCUT2D eigenvalue weighted by atomic mass is 16.5. The number of aryl methyl sites for hydroxylation is 1. The summed E-state index contributed by atoms with van der Waals surface area (Å²) in [5.41, 5.74) is 7.13. The lowest BCUT2D eigenvalue weighted by Crippen LogP contribution is -2.42. The molecule has 136 valence electrons. The van der Waals surface area contributed by atoms with Crippen molar-refractivity contribution in [1.29, 1.82) is 0 Å². The first-order valence-corrected chi connectivity index (χ1v) is 9.31. The fourth-order valence-electron chi connectivity index (χ4n) is 3.69. The van der Waals surface area contributed by atoms with Crippen molar-refractivity contribution in [1.82, 2.24) is 10.4 Å². The van der Waals surface area contributed by atoms with E-state index >= 15 is 0 Å². The maximum atomic E-state index is 6.19. The number of hydrogen-bond acceptors (Lipinski definition) is 4. The lowest BCUT2D eigenvalue weighted by atomic mass is 9.92. The van der Waals surface area contributed by atoms with Gasteiger partial charge in [-0.1, -0.05) is 31.7 Å². The van der Waals surface area contributed by atoms with Crippen molar-refractivity contribution in [2.75, 3.05) is 26.4 Å². The quantitative estimate of drug-likeness (QED) is 0.817. The first-order valence-electron chi connectivity index (χ1n) is 9.31. The van der Waals surface area contributed by atoms with Crippen molar-refractivity contribution in [3.8, 4) is 5.75 Å². The average Bonchev–Trinajstić information content (AvgIpc) is 3.27. The first kappa shape index (κ1) is 18.0. The SMILES string of the molecule is C=Cc1c(C)cccc1OCC1COCC1C1=CCNN1C(C)CC. The second kappa shape index (κ2) is 8.07. The van der Waals surface area contributed by atoms with E-state index in [0.29, 0.717) is 24.5 Å². The molecule has 0 bridgehead atoms. The van der Waals surface area contributed by atoms with Crippen LogP contribution in [0.25, 0.3) is 6.08 Å². The zero-order valence-electron chi connectivity index (χ0n) is 15.6. The van der Waals surface area contributed by atoms with E-state index in [2.05, 4.69) is 49.9 Å². The Labute approximate surface area is 151 Å². The summed E-state index contributed by atoms with van der Waals surface area (Å²) in [5.74, 6) is 1.68. The molecule has 3 rings (SSSR count). The van der Waals surface area contributed by atoms with Gasteiger partial charge in [-0.3, -0.25) is 0 Å². The highest BCUT2D eigenvalue weighted by Gasteiger charge is 2.36. The van der Waals surface area contributed by atoms with E-state index in [9.17, 15) is 0 Å². The van der Waals surface area contributed by atoms with Crippen molar-refractivity contribution in [2.45, 2.75) is 33.2 Å². The first-order chi connectivity index (χ1) is 12.2. The molecule has 0 radical (unpaired) electrons. The average molecular weight is 342 g/mol. The summed E-state index contributed by atoms with van der Waals surface area (Å²) in [7, 11) is 0. The summed E-state index contributed by atoms with van der Waals surface area (Å²) >= 11 is 0. The Balaban J connectivity index is 1.69. The van der Waals surface area contributed by atoms with Gasteiger partial charge in [0.05, 0.1) is 19.8 Å². The van der Waals surface area contributed by atoms with E-state index < -0.39 is 0 Å². The second-order valence-electron chi connectivity index (χ2n) is 7.02. The third-order valence-electron chi connectivity index (χ3n) is 5.40. The third kappa shape index (κ3) is 3.75. The number of benzene rings is 1. The van der Waals surface area contributed by atoms with Crippen LogP contribution >= 0.6 is 0 Å². The van der Waals surface area contributed by atoms with Crippen LogP contribution in [0.3, 0.4) is 0 Å². The lowest BCUT2D eigenvalue weighted by molar-refractivity contribution is 0.161. The summed E-state index contributed by atoms with van der Waals surface area (Å²) < 4.78 is 12.0. The predicted molar refractivity (Wildman–Crippen MR) is 102 cm³/mol. The van der Waals surface area contributed by atoms with Gasteiger partial charge in [0.1, 0.15) is 5.75 Å². The number of hydrazine groups is 1. The molecule has 0 aromatic heterocycles. The molecule has 1 fully saturated rings.